The van der Waals surface area contributed by atoms with Crippen LogP contribution in [0.2, 0.25) is 5.02 Å². The molecular weight excluding hydrogens is 446 g/mol. The first kappa shape index (κ1) is 22.2. The van der Waals surface area contributed by atoms with Crippen molar-refractivity contribution in [2.45, 2.75) is 6.61 Å². The molecule has 3 aromatic carbocycles. The molecule has 0 radical (unpaired) electrons. The quantitative estimate of drug-likeness (QED) is 0.277. The van der Waals surface area contributed by atoms with Gasteiger partial charge >= 0.3 is 0 Å². The predicted molar refractivity (Wildman–Crippen MR) is 119 cm³/mol. The van der Waals surface area contributed by atoms with Gasteiger partial charge in [-0.05, 0) is 42.0 Å². The minimum atomic E-state index is -0.474. The number of benzene rings is 3. The maximum Gasteiger partial charge on any atom is 0.270 e. The average Bonchev–Trinajstić information content (AvgIpc) is 2.73. The summed E-state index contributed by atoms with van der Waals surface area (Å²) in [5.74, 6) is 0.516. The number of halogens is 3. The van der Waals surface area contributed by atoms with Crippen LogP contribution < -0.4 is 10.1 Å². The fraction of sp³-hybridized carbons (Fsp3) is 0.0476. The van der Waals surface area contributed by atoms with Gasteiger partial charge in [0.2, 0.25) is 0 Å². The third-order valence-electron chi connectivity index (χ3n) is 4.31. The molecule has 7 nitrogen and oxygen atoms in total. The zero-order valence-corrected chi connectivity index (χ0v) is 17.4. The van der Waals surface area contributed by atoms with E-state index in [9.17, 15) is 14.5 Å². The molecule has 0 bridgehead atoms. The summed E-state index contributed by atoms with van der Waals surface area (Å²) < 4.78 is 18.9. The Labute approximate surface area is 187 Å². The third kappa shape index (κ3) is 5.17. The van der Waals surface area contributed by atoms with Crippen molar-refractivity contribution in [3.63, 3.8) is 0 Å². The molecule has 0 saturated carbocycles. The number of rotatable bonds is 6. The van der Waals surface area contributed by atoms with Crippen molar-refractivity contribution < 1.29 is 14.1 Å². The largest absolute Gasteiger partial charge is 0.487 e. The van der Waals surface area contributed by atoms with Crippen LogP contribution in [0.4, 0.5) is 21.6 Å². The Morgan fingerprint density at radius 2 is 1.94 bits per heavy atom. The van der Waals surface area contributed by atoms with Crippen LogP contribution in [-0.2, 0) is 6.61 Å². The van der Waals surface area contributed by atoms with Gasteiger partial charge in [-0.1, -0.05) is 23.7 Å². The molecule has 0 aliphatic rings. The van der Waals surface area contributed by atoms with Crippen molar-refractivity contribution in [3.8, 4) is 5.75 Å². The molecule has 0 unspecified atom stereocenters. The highest BCUT2D eigenvalue weighted by Gasteiger charge is 2.12. The summed E-state index contributed by atoms with van der Waals surface area (Å²) in [6.07, 6.45) is 1.37. The minimum absolute atomic E-state index is 0. The van der Waals surface area contributed by atoms with Crippen LogP contribution in [0, 0.1) is 15.9 Å². The van der Waals surface area contributed by atoms with E-state index in [-0.39, 0.29) is 30.5 Å². The van der Waals surface area contributed by atoms with E-state index < -0.39 is 4.92 Å². The van der Waals surface area contributed by atoms with Gasteiger partial charge in [0.25, 0.3) is 5.69 Å². The molecule has 0 fully saturated rings. The summed E-state index contributed by atoms with van der Waals surface area (Å²) >= 11 is 6.32. The Hall–Kier alpha value is -3.49. The Kier molecular flexibility index (Phi) is 6.84. The Morgan fingerprint density at radius 1 is 1.10 bits per heavy atom. The van der Waals surface area contributed by atoms with Gasteiger partial charge in [0, 0.05) is 23.2 Å². The molecule has 0 aliphatic heterocycles. The second-order valence-corrected chi connectivity index (χ2v) is 6.78. The highest BCUT2D eigenvalue weighted by molar-refractivity contribution is 6.32. The maximum absolute atomic E-state index is 13.3. The number of nitro benzene ring substituents is 1. The minimum Gasteiger partial charge on any atom is -0.487 e. The molecule has 0 spiro atoms. The molecule has 158 valence electrons. The average molecular weight is 461 g/mol. The molecule has 0 amide bonds. The number of nitrogens with zero attached hydrogens (tertiary/aromatic N) is 3. The summed E-state index contributed by atoms with van der Waals surface area (Å²) in [6.45, 7) is 0.171. The molecule has 31 heavy (non-hydrogen) atoms. The summed E-state index contributed by atoms with van der Waals surface area (Å²) in [5.41, 5.74) is 1.81. The summed E-state index contributed by atoms with van der Waals surface area (Å²) in [7, 11) is 0. The second kappa shape index (κ2) is 9.55. The Morgan fingerprint density at radius 3 is 2.68 bits per heavy atom. The fourth-order valence-corrected chi connectivity index (χ4v) is 3.11. The third-order valence-corrected chi connectivity index (χ3v) is 4.60. The number of aromatic nitrogens is 2. The van der Waals surface area contributed by atoms with Gasteiger partial charge in [-0.3, -0.25) is 10.1 Å². The van der Waals surface area contributed by atoms with Crippen LogP contribution in [-0.4, -0.2) is 14.9 Å². The number of fused-ring (bicyclic) bond motifs is 1. The van der Waals surface area contributed by atoms with E-state index in [1.54, 1.807) is 36.4 Å². The number of non-ortho nitro benzene ring substituents is 1. The summed E-state index contributed by atoms with van der Waals surface area (Å²) in [6, 6.07) is 15.5. The molecule has 1 heterocycles. The van der Waals surface area contributed by atoms with Crippen LogP contribution in [0.25, 0.3) is 10.9 Å². The van der Waals surface area contributed by atoms with E-state index in [1.807, 2.05) is 0 Å². The zero-order chi connectivity index (χ0) is 21.1. The fourth-order valence-electron chi connectivity index (χ4n) is 2.88. The van der Waals surface area contributed by atoms with Crippen LogP contribution in [0.5, 0.6) is 5.75 Å². The zero-order valence-electron chi connectivity index (χ0n) is 15.8. The van der Waals surface area contributed by atoms with Crippen molar-refractivity contribution in [2.75, 3.05) is 5.32 Å². The SMILES string of the molecule is Cl.O=[N+]([O-])c1ccc2ncnc(Nc3ccc(OCc4cccc(F)c4)c(Cl)c3)c2c1. The van der Waals surface area contributed by atoms with E-state index in [2.05, 4.69) is 15.3 Å². The van der Waals surface area contributed by atoms with E-state index in [1.165, 1.54) is 30.6 Å². The lowest BCUT2D eigenvalue weighted by Gasteiger charge is -2.12. The second-order valence-electron chi connectivity index (χ2n) is 6.37. The van der Waals surface area contributed by atoms with Crippen molar-refractivity contribution in [1.82, 2.24) is 9.97 Å². The molecule has 4 rings (SSSR count). The number of ether oxygens (including phenoxy) is 1. The number of nitrogens with one attached hydrogen (secondary N) is 1. The van der Waals surface area contributed by atoms with Crippen molar-refractivity contribution in [1.29, 1.82) is 0 Å². The highest BCUT2D eigenvalue weighted by atomic mass is 35.5. The van der Waals surface area contributed by atoms with Gasteiger partial charge in [0.1, 0.15) is 30.3 Å². The number of hydrogen-bond donors (Lipinski definition) is 1. The predicted octanol–water partition coefficient (Wildman–Crippen LogP) is 6.07. The monoisotopic (exact) mass is 460 g/mol. The molecule has 4 aromatic rings. The van der Waals surface area contributed by atoms with Gasteiger partial charge in [0.15, 0.2) is 0 Å². The van der Waals surface area contributed by atoms with Crippen LogP contribution in [0.15, 0.2) is 67.0 Å². The molecule has 0 saturated heterocycles. The smallest absolute Gasteiger partial charge is 0.270 e. The lowest BCUT2D eigenvalue weighted by atomic mass is 10.2. The van der Waals surface area contributed by atoms with Gasteiger partial charge < -0.3 is 10.1 Å². The topological polar surface area (TPSA) is 90.2 Å². The van der Waals surface area contributed by atoms with Crippen molar-refractivity contribution in [3.05, 3.63) is 93.5 Å². The summed E-state index contributed by atoms with van der Waals surface area (Å²) in [4.78, 5) is 18.9. The van der Waals surface area contributed by atoms with Crippen molar-refractivity contribution >= 4 is 52.1 Å². The van der Waals surface area contributed by atoms with Gasteiger partial charge in [0.05, 0.1) is 15.5 Å². The van der Waals surface area contributed by atoms with Crippen molar-refractivity contribution in [2.24, 2.45) is 0 Å². The first-order chi connectivity index (χ1) is 14.5. The molecule has 1 N–H and O–H groups in total. The first-order valence-corrected chi connectivity index (χ1v) is 9.20. The molecular formula is C21H15Cl2FN4O3. The number of hydrogen-bond acceptors (Lipinski definition) is 6. The highest BCUT2D eigenvalue weighted by Crippen LogP contribution is 2.31. The number of nitro groups is 1. The van der Waals surface area contributed by atoms with E-state index >= 15 is 0 Å². The normalized spacial score (nSPS) is 10.4. The van der Waals surface area contributed by atoms with Gasteiger partial charge in [-0.2, -0.15) is 0 Å². The van der Waals surface area contributed by atoms with Crippen LogP contribution in [0.3, 0.4) is 0 Å². The molecule has 10 heteroatoms. The van der Waals surface area contributed by atoms with E-state index in [0.717, 1.165) is 0 Å². The molecule has 1 aromatic heterocycles. The van der Waals surface area contributed by atoms with E-state index in [0.29, 0.717) is 38.7 Å². The Bertz CT molecular complexity index is 1260. The van der Waals surface area contributed by atoms with Crippen LogP contribution in [0.1, 0.15) is 5.56 Å². The maximum atomic E-state index is 13.3. The lowest BCUT2D eigenvalue weighted by molar-refractivity contribution is -0.384. The number of anilines is 2. The van der Waals surface area contributed by atoms with E-state index in [4.69, 9.17) is 16.3 Å². The molecule has 0 atom stereocenters. The molecule has 0 aliphatic carbocycles. The first-order valence-electron chi connectivity index (χ1n) is 8.82. The van der Waals surface area contributed by atoms with Gasteiger partial charge in [-0.15, -0.1) is 12.4 Å². The van der Waals surface area contributed by atoms with Gasteiger partial charge in [-0.25, -0.2) is 14.4 Å². The Balaban J connectivity index is 0.00000272. The summed E-state index contributed by atoms with van der Waals surface area (Å²) in [5, 5.41) is 15.0. The van der Waals surface area contributed by atoms with Crippen LogP contribution >= 0.6 is 24.0 Å². The lowest BCUT2D eigenvalue weighted by Crippen LogP contribution is -1.99. The standard InChI is InChI=1S/C21H14ClFN4O3.ClH/c22-18-9-15(4-7-20(18)30-11-13-2-1-3-14(23)8-13)26-21-17-10-16(27(28)29)5-6-19(17)24-12-25-21;/h1-10,12H,11H2,(H,24,25,26);1H.